The molecule has 0 spiro atoms. The molecule has 0 aromatic carbocycles. The Bertz CT molecular complexity index is 183. The number of rotatable bonds is 9. The molecule has 5 heteroatoms. The van der Waals surface area contributed by atoms with Crippen LogP contribution >= 0.6 is 0 Å². The van der Waals surface area contributed by atoms with Gasteiger partial charge in [-0.15, -0.1) is 0 Å². The second kappa shape index (κ2) is 9.57. The van der Waals surface area contributed by atoms with Gasteiger partial charge in [0.15, 0.2) is 0 Å². The minimum absolute atomic E-state index is 0.102. The van der Waals surface area contributed by atoms with Crippen LogP contribution in [0.1, 0.15) is 38.5 Å². The third kappa shape index (κ3) is 7.62. The maximum atomic E-state index is 10.8. The zero-order valence-corrected chi connectivity index (χ0v) is 9.76. The quantitative estimate of drug-likeness (QED) is 0.392. The van der Waals surface area contributed by atoms with Gasteiger partial charge in [0.2, 0.25) is 0 Å². The van der Waals surface area contributed by atoms with E-state index in [-0.39, 0.29) is 19.0 Å². The predicted molar refractivity (Wildman–Crippen MR) is 58.8 cm³/mol. The van der Waals surface area contributed by atoms with Crippen LogP contribution in [-0.4, -0.2) is 47.2 Å². The summed E-state index contributed by atoms with van der Waals surface area (Å²) in [6, 6.07) is 0. The van der Waals surface area contributed by atoms with Crippen molar-refractivity contribution in [1.82, 2.24) is 0 Å². The fourth-order valence-corrected chi connectivity index (χ4v) is 1.41. The molecule has 0 aliphatic carbocycles. The van der Waals surface area contributed by atoms with Crippen LogP contribution in [0.15, 0.2) is 0 Å². The van der Waals surface area contributed by atoms with Crippen molar-refractivity contribution in [2.75, 3.05) is 13.7 Å². The second-order valence-electron chi connectivity index (χ2n) is 3.82. The van der Waals surface area contributed by atoms with Gasteiger partial charge in [0, 0.05) is 13.0 Å². The summed E-state index contributed by atoms with van der Waals surface area (Å²) in [6.45, 7) is 0.102. The summed E-state index contributed by atoms with van der Waals surface area (Å²) < 4.78 is 4.46. The molecule has 3 N–H and O–H groups in total. The Hall–Kier alpha value is -0.650. The lowest BCUT2D eigenvalue weighted by atomic mass is 10.0. The Morgan fingerprint density at radius 2 is 1.69 bits per heavy atom. The van der Waals surface area contributed by atoms with Crippen LogP contribution in [-0.2, 0) is 9.53 Å². The van der Waals surface area contributed by atoms with Crippen molar-refractivity contribution in [3.63, 3.8) is 0 Å². The van der Waals surface area contributed by atoms with Gasteiger partial charge in [-0.3, -0.25) is 4.79 Å². The van der Waals surface area contributed by atoms with E-state index >= 15 is 0 Å². The highest BCUT2D eigenvalue weighted by Gasteiger charge is 2.15. The standard InChI is InChI=1S/C11H22O5/c1-16-11(15)7-4-6-10(14)9(13)5-2-3-8-12/h9-10,12-14H,2-8H2,1H3/t9-,10+/m1/s1. The van der Waals surface area contributed by atoms with E-state index in [1.54, 1.807) is 0 Å². The van der Waals surface area contributed by atoms with Crippen LogP contribution in [0, 0.1) is 0 Å². The molecule has 0 unspecified atom stereocenters. The number of methoxy groups -OCH3 is 1. The highest BCUT2D eigenvalue weighted by Crippen LogP contribution is 2.11. The minimum atomic E-state index is -0.802. The monoisotopic (exact) mass is 234 g/mol. The van der Waals surface area contributed by atoms with Crippen molar-refractivity contribution in [3.05, 3.63) is 0 Å². The van der Waals surface area contributed by atoms with Gasteiger partial charge in [-0.05, 0) is 32.1 Å². The van der Waals surface area contributed by atoms with Crippen LogP contribution in [0.4, 0.5) is 0 Å². The number of ether oxygens (including phenoxy) is 1. The molecular formula is C11H22O5. The fourth-order valence-electron chi connectivity index (χ4n) is 1.41. The highest BCUT2D eigenvalue weighted by atomic mass is 16.5. The molecule has 0 aliphatic rings. The van der Waals surface area contributed by atoms with Crippen molar-refractivity contribution in [2.45, 2.75) is 50.7 Å². The first kappa shape index (κ1) is 15.3. The first-order valence-corrected chi connectivity index (χ1v) is 5.65. The largest absolute Gasteiger partial charge is 0.469 e. The van der Waals surface area contributed by atoms with Gasteiger partial charge in [-0.1, -0.05) is 0 Å². The summed E-state index contributed by atoms with van der Waals surface area (Å²) in [7, 11) is 1.32. The third-order valence-electron chi connectivity index (χ3n) is 2.46. The Morgan fingerprint density at radius 1 is 1.12 bits per heavy atom. The molecule has 0 aromatic rings. The van der Waals surface area contributed by atoms with Gasteiger partial charge in [0.1, 0.15) is 0 Å². The molecule has 16 heavy (non-hydrogen) atoms. The smallest absolute Gasteiger partial charge is 0.305 e. The van der Waals surface area contributed by atoms with Crippen LogP contribution in [0.25, 0.3) is 0 Å². The molecular weight excluding hydrogens is 212 g/mol. The van der Waals surface area contributed by atoms with E-state index in [0.29, 0.717) is 32.1 Å². The molecule has 0 aromatic heterocycles. The summed E-state index contributed by atoms with van der Waals surface area (Å²) in [5, 5.41) is 27.6. The maximum absolute atomic E-state index is 10.8. The average molecular weight is 234 g/mol. The van der Waals surface area contributed by atoms with Gasteiger partial charge in [-0.2, -0.15) is 0 Å². The van der Waals surface area contributed by atoms with Crippen molar-refractivity contribution < 1.29 is 24.9 Å². The Balaban J connectivity index is 3.54. The first-order valence-electron chi connectivity index (χ1n) is 5.65. The number of hydrogen-bond acceptors (Lipinski definition) is 5. The molecule has 0 aliphatic heterocycles. The SMILES string of the molecule is COC(=O)CCC[C@H](O)[C@H](O)CCCCO. The molecule has 0 heterocycles. The molecule has 0 saturated heterocycles. The molecule has 2 atom stereocenters. The minimum Gasteiger partial charge on any atom is -0.469 e. The summed E-state index contributed by atoms with van der Waals surface area (Å²) in [5.41, 5.74) is 0. The van der Waals surface area contributed by atoms with Crippen LogP contribution in [0.3, 0.4) is 0 Å². The highest BCUT2D eigenvalue weighted by molar-refractivity contribution is 5.68. The van der Waals surface area contributed by atoms with Gasteiger partial charge >= 0.3 is 5.97 Å². The summed E-state index contributed by atoms with van der Waals surface area (Å²) >= 11 is 0. The van der Waals surface area contributed by atoms with Crippen molar-refractivity contribution in [2.24, 2.45) is 0 Å². The zero-order chi connectivity index (χ0) is 12.4. The lowest BCUT2D eigenvalue weighted by Crippen LogP contribution is -2.26. The Labute approximate surface area is 96.0 Å². The maximum Gasteiger partial charge on any atom is 0.305 e. The normalized spacial score (nSPS) is 14.5. The van der Waals surface area contributed by atoms with Gasteiger partial charge in [-0.25, -0.2) is 0 Å². The van der Waals surface area contributed by atoms with Crippen LogP contribution in [0.5, 0.6) is 0 Å². The topological polar surface area (TPSA) is 87.0 Å². The zero-order valence-electron chi connectivity index (χ0n) is 9.76. The molecule has 0 amide bonds. The Morgan fingerprint density at radius 3 is 2.19 bits per heavy atom. The molecule has 0 rings (SSSR count). The number of unbranched alkanes of at least 4 members (excludes halogenated alkanes) is 1. The molecule has 96 valence electrons. The van der Waals surface area contributed by atoms with Gasteiger partial charge < -0.3 is 20.1 Å². The van der Waals surface area contributed by atoms with E-state index in [0.717, 1.165) is 0 Å². The van der Waals surface area contributed by atoms with E-state index < -0.39 is 12.2 Å². The Kier molecular flexibility index (Phi) is 9.18. The summed E-state index contributed by atoms with van der Waals surface area (Å²) in [4.78, 5) is 10.8. The number of esters is 1. The average Bonchev–Trinajstić information content (AvgIpc) is 2.28. The molecule has 0 radical (unpaired) electrons. The molecule has 0 saturated carbocycles. The van der Waals surface area contributed by atoms with Crippen molar-refractivity contribution in [3.8, 4) is 0 Å². The number of aliphatic hydroxyl groups is 3. The number of carbonyl (C=O) groups excluding carboxylic acids is 1. The summed E-state index contributed by atoms with van der Waals surface area (Å²) in [5.74, 6) is -0.304. The van der Waals surface area contributed by atoms with E-state index in [1.807, 2.05) is 0 Å². The molecule has 0 bridgehead atoms. The predicted octanol–water partition coefficient (Wildman–Crippen LogP) is 0.214. The lowest BCUT2D eigenvalue weighted by molar-refractivity contribution is -0.140. The van der Waals surface area contributed by atoms with E-state index in [2.05, 4.69) is 4.74 Å². The number of hydrogen-bond donors (Lipinski definition) is 3. The van der Waals surface area contributed by atoms with Crippen molar-refractivity contribution >= 4 is 5.97 Å². The van der Waals surface area contributed by atoms with E-state index in [4.69, 9.17) is 5.11 Å². The van der Waals surface area contributed by atoms with Crippen LogP contribution < -0.4 is 0 Å². The second-order valence-corrected chi connectivity index (χ2v) is 3.82. The van der Waals surface area contributed by atoms with Gasteiger partial charge in [0.05, 0.1) is 19.3 Å². The number of carbonyl (C=O) groups is 1. The van der Waals surface area contributed by atoms with Gasteiger partial charge in [0.25, 0.3) is 0 Å². The van der Waals surface area contributed by atoms with Crippen molar-refractivity contribution in [1.29, 1.82) is 0 Å². The van der Waals surface area contributed by atoms with E-state index in [1.165, 1.54) is 7.11 Å². The molecule has 5 nitrogen and oxygen atoms in total. The first-order chi connectivity index (χ1) is 7.61. The fraction of sp³-hybridized carbons (Fsp3) is 0.909. The third-order valence-corrected chi connectivity index (χ3v) is 2.46. The van der Waals surface area contributed by atoms with E-state index in [9.17, 15) is 15.0 Å². The summed E-state index contributed by atoms with van der Waals surface area (Å²) in [6.07, 6.45) is 1.36. The molecule has 0 fully saturated rings. The number of aliphatic hydroxyl groups excluding tert-OH is 3. The van der Waals surface area contributed by atoms with Crippen LogP contribution in [0.2, 0.25) is 0 Å². The lowest BCUT2D eigenvalue weighted by Gasteiger charge is -2.17.